The molecule has 0 radical (unpaired) electrons. The third kappa shape index (κ3) is 9.25. The second-order valence-electron chi connectivity index (χ2n) is 11.0. The minimum Gasteiger partial charge on any atom is -0.383 e. The highest BCUT2D eigenvalue weighted by molar-refractivity contribution is 6.31. The number of halogens is 2. The molecule has 2 aromatic heterocycles. The molecule has 0 aliphatic heterocycles. The Morgan fingerprint density at radius 1 is 0.619 bits per heavy atom. The van der Waals surface area contributed by atoms with Crippen LogP contribution in [0.3, 0.4) is 0 Å². The Hall–Kier alpha value is -3.00. The van der Waals surface area contributed by atoms with Crippen molar-refractivity contribution >= 4 is 56.4 Å². The van der Waals surface area contributed by atoms with Gasteiger partial charge in [-0.05, 0) is 37.2 Å². The summed E-state index contributed by atoms with van der Waals surface area (Å²) in [5.74, 6) is 0. The number of rotatable bonds is 18. The highest BCUT2D eigenvalue weighted by Gasteiger charge is 2.15. The summed E-state index contributed by atoms with van der Waals surface area (Å²) in [5, 5.41) is 30.6. The molecule has 9 heteroatoms. The molecule has 4 rings (SSSR count). The molecule has 0 saturated heterocycles. The first kappa shape index (κ1) is 31.9. The number of aromatic nitrogens is 2. The molecule has 0 saturated carbocycles. The van der Waals surface area contributed by atoms with Gasteiger partial charge in [0.1, 0.15) is 0 Å². The molecule has 4 N–H and O–H groups in total. The predicted octanol–water partition coefficient (Wildman–Crippen LogP) is 7.71. The van der Waals surface area contributed by atoms with Crippen LogP contribution in [-0.4, -0.2) is 48.0 Å². The second-order valence-corrected chi connectivity index (χ2v) is 11.9. The van der Waals surface area contributed by atoms with Crippen LogP contribution in [-0.2, 0) is 0 Å². The summed E-state index contributed by atoms with van der Waals surface area (Å²) in [5.41, 5.74) is 3.28. The molecule has 0 aliphatic carbocycles. The van der Waals surface area contributed by atoms with Gasteiger partial charge >= 0.3 is 0 Å². The fraction of sp³-hybridized carbons (Fsp3) is 0.455. The van der Waals surface area contributed by atoms with E-state index in [1.807, 2.05) is 36.4 Å². The van der Waals surface area contributed by atoms with Crippen LogP contribution in [0.1, 0.15) is 64.7 Å². The van der Waals surface area contributed by atoms with Crippen LogP contribution in [0.4, 0.5) is 11.4 Å². The zero-order valence-corrected chi connectivity index (χ0v) is 26.2. The lowest BCUT2D eigenvalue weighted by Crippen LogP contribution is -2.35. The summed E-state index contributed by atoms with van der Waals surface area (Å²) in [6.45, 7) is 6.65. The van der Waals surface area contributed by atoms with E-state index in [4.69, 9.17) is 23.2 Å². The molecule has 0 bridgehead atoms. The maximum absolute atomic E-state index is 10.2. The van der Waals surface area contributed by atoms with E-state index in [2.05, 4.69) is 22.5 Å². The van der Waals surface area contributed by atoms with Gasteiger partial charge in [-0.1, -0.05) is 81.5 Å². The molecular weight excluding hydrogens is 569 g/mol. The number of fused-ring (bicyclic) bond motifs is 2. The van der Waals surface area contributed by atoms with E-state index in [9.17, 15) is 10.4 Å². The minimum absolute atomic E-state index is 0.588. The van der Waals surface area contributed by atoms with Crippen LogP contribution in [0.15, 0.2) is 60.9 Å². The smallest absolute Gasteiger partial charge is 0.268 e. The largest absolute Gasteiger partial charge is 0.383 e. The van der Waals surface area contributed by atoms with E-state index < -0.39 is 0 Å². The van der Waals surface area contributed by atoms with E-state index in [1.54, 1.807) is 24.5 Å². The Morgan fingerprint density at radius 2 is 1.07 bits per heavy atom. The van der Waals surface area contributed by atoms with Gasteiger partial charge in [0.25, 0.3) is 11.0 Å². The molecule has 2 aromatic carbocycles. The van der Waals surface area contributed by atoms with Gasteiger partial charge < -0.3 is 10.6 Å². The lowest BCUT2D eigenvalue weighted by molar-refractivity contribution is -0.884. The Kier molecular flexibility index (Phi) is 12.6. The zero-order valence-electron chi connectivity index (χ0n) is 24.7. The molecule has 0 unspecified atom stereocenters. The summed E-state index contributed by atoms with van der Waals surface area (Å²) >= 11 is 12.3. The number of unbranched alkanes of at least 4 members (excludes halogenated alkanes) is 8. The van der Waals surface area contributed by atoms with Crippen molar-refractivity contribution in [2.75, 3.05) is 43.4 Å². The Bertz CT molecular complexity index is 1340. The van der Waals surface area contributed by atoms with E-state index in [1.165, 1.54) is 57.8 Å². The first-order valence-electron chi connectivity index (χ1n) is 15.3. The molecule has 226 valence electrons. The lowest BCUT2D eigenvalue weighted by Gasteiger charge is -2.23. The third-order valence-electron chi connectivity index (χ3n) is 7.82. The molecular formula is C33H45Cl2N5O2+2. The molecule has 0 fully saturated rings. The summed E-state index contributed by atoms with van der Waals surface area (Å²) in [6.07, 6.45) is 15.1. The standard InChI is InChI=1S/C33H43Cl2N5O2/c1-2-3-4-5-6-7-8-9-10-19-38(22-17-36-30-15-20-39(41)32-24-26(34)11-13-28(30)32)23-18-37-31-16-21-40(42)33-25-27(35)12-14-29(31)33/h11-16,20-21,24-25,41-42H,2-10,17-19,22-23H2,1H3/p+2. The first-order valence-corrected chi connectivity index (χ1v) is 16.1. The molecule has 0 amide bonds. The SMILES string of the molecule is CCCCCCCCCCCN(CCNc1cc[n+](O)c2cc(Cl)ccc12)CCNc1cc[n+](O)c2cc(Cl)ccc12. The second kappa shape index (κ2) is 16.6. The average molecular weight is 615 g/mol. The number of nitrogens with one attached hydrogen (secondary N) is 2. The zero-order chi connectivity index (χ0) is 29.7. The summed E-state index contributed by atoms with van der Waals surface area (Å²) in [6, 6.07) is 14.9. The molecule has 2 heterocycles. The van der Waals surface area contributed by atoms with E-state index in [0.717, 1.165) is 64.3 Å². The van der Waals surface area contributed by atoms with Gasteiger partial charge in [-0.3, -0.25) is 15.3 Å². The quantitative estimate of drug-likeness (QED) is 0.0525. The number of anilines is 2. The van der Waals surface area contributed by atoms with Crippen molar-refractivity contribution in [1.29, 1.82) is 0 Å². The van der Waals surface area contributed by atoms with Crippen molar-refractivity contribution in [3.63, 3.8) is 0 Å². The fourth-order valence-electron chi connectivity index (χ4n) is 5.46. The van der Waals surface area contributed by atoms with Gasteiger partial charge in [0.05, 0.1) is 22.1 Å². The van der Waals surface area contributed by atoms with Crippen LogP contribution < -0.4 is 20.1 Å². The van der Waals surface area contributed by atoms with Gasteiger partial charge in [0.15, 0.2) is 0 Å². The van der Waals surface area contributed by atoms with Crippen LogP contribution in [0.2, 0.25) is 10.0 Å². The maximum atomic E-state index is 10.2. The molecule has 0 aliphatic rings. The van der Waals surface area contributed by atoms with Crippen LogP contribution >= 0.6 is 23.2 Å². The molecule has 0 atom stereocenters. The number of nitrogens with zero attached hydrogens (tertiary/aromatic N) is 3. The number of hydrogen-bond acceptors (Lipinski definition) is 5. The fourth-order valence-corrected chi connectivity index (χ4v) is 5.79. The molecule has 0 spiro atoms. The van der Waals surface area contributed by atoms with Crippen molar-refractivity contribution in [2.45, 2.75) is 64.7 Å². The minimum atomic E-state index is 0.588. The summed E-state index contributed by atoms with van der Waals surface area (Å²) in [4.78, 5) is 2.50. The Balaban J connectivity index is 1.32. The van der Waals surface area contributed by atoms with Crippen molar-refractivity contribution in [1.82, 2.24) is 4.90 Å². The van der Waals surface area contributed by atoms with E-state index in [-0.39, 0.29) is 0 Å². The highest BCUT2D eigenvalue weighted by Crippen LogP contribution is 2.24. The van der Waals surface area contributed by atoms with Crippen LogP contribution in [0.25, 0.3) is 21.8 Å². The Labute approximate surface area is 259 Å². The Morgan fingerprint density at radius 3 is 1.55 bits per heavy atom. The van der Waals surface area contributed by atoms with Gasteiger partial charge in [-0.2, -0.15) is 0 Å². The monoisotopic (exact) mass is 613 g/mol. The third-order valence-corrected chi connectivity index (χ3v) is 8.29. The van der Waals surface area contributed by atoms with E-state index >= 15 is 0 Å². The van der Waals surface area contributed by atoms with Crippen molar-refractivity contribution in [2.24, 2.45) is 0 Å². The van der Waals surface area contributed by atoms with Crippen molar-refractivity contribution < 1.29 is 19.9 Å². The van der Waals surface area contributed by atoms with Gasteiger partial charge in [-0.25, -0.2) is 0 Å². The predicted molar refractivity (Wildman–Crippen MR) is 173 cm³/mol. The van der Waals surface area contributed by atoms with Gasteiger partial charge in [0.2, 0.25) is 12.4 Å². The number of pyridine rings is 2. The summed E-state index contributed by atoms with van der Waals surface area (Å²) < 4.78 is 2.21. The van der Waals surface area contributed by atoms with Gasteiger partial charge in [-0.15, -0.1) is 0 Å². The molecule has 42 heavy (non-hydrogen) atoms. The average Bonchev–Trinajstić information content (AvgIpc) is 2.98. The number of hydrogen-bond donors (Lipinski definition) is 4. The first-order chi connectivity index (χ1) is 20.5. The molecule has 4 aromatic rings. The normalized spacial score (nSPS) is 11.5. The number of benzene rings is 2. The molecule has 7 nitrogen and oxygen atoms in total. The van der Waals surface area contributed by atoms with Gasteiger partial charge in [0, 0.05) is 70.0 Å². The van der Waals surface area contributed by atoms with Crippen molar-refractivity contribution in [3.05, 3.63) is 71.0 Å². The summed E-state index contributed by atoms with van der Waals surface area (Å²) in [7, 11) is 0. The highest BCUT2D eigenvalue weighted by atomic mass is 35.5. The van der Waals surface area contributed by atoms with Crippen LogP contribution in [0, 0.1) is 0 Å². The van der Waals surface area contributed by atoms with Crippen LogP contribution in [0.5, 0.6) is 0 Å². The van der Waals surface area contributed by atoms with Crippen molar-refractivity contribution in [3.8, 4) is 0 Å². The lowest BCUT2D eigenvalue weighted by atomic mass is 10.1. The van der Waals surface area contributed by atoms with E-state index in [0.29, 0.717) is 21.1 Å². The maximum Gasteiger partial charge on any atom is 0.268 e. The topological polar surface area (TPSA) is 75.5 Å².